The molecule has 0 amide bonds. The Labute approximate surface area is 138 Å². The van der Waals surface area contributed by atoms with Crippen molar-refractivity contribution in [1.82, 2.24) is 0 Å². The van der Waals surface area contributed by atoms with Crippen LogP contribution in [0, 0.1) is 0 Å². The third kappa shape index (κ3) is 3.07. The average molecular weight is 352 g/mol. The molecule has 10 atom stereocenters. The van der Waals surface area contributed by atoms with E-state index in [2.05, 4.69) is 0 Å². The first kappa shape index (κ1) is 18.4. The summed E-state index contributed by atoms with van der Waals surface area (Å²) in [7, 11) is 2.82. The second-order valence-corrected chi connectivity index (χ2v) is 6.07. The van der Waals surface area contributed by atoms with E-state index in [-0.39, 0.29) is 6.61 Å². The molecule has 3 fully saturated rings. The molecule has 140 valence electrons. The van der Waals surface area contributed by atoms with Crippen LogP contribution in [0.25, 0.3) is 0 Å². The molecule has 0 saturated carbocycles. The molecule has 4 N–H and O–H groups in total. The van der Waals surface area contributed by atoms with Crippen molar-refractivity contribution >= 4 is 0 Å². The summed E-state index contributed by atoms with van der Waals surface area (Å²) in [6.07, 6.45) is -9.68. The Balaban J connectivity index is 1.72. The van der Waals surface area contributed by atoms with Gasteiger partial charge in [0.1, 0.15) is 48.8 Å². The number of ether oxygens (including phenoxy) is 6. The molecule has 0 aromatic rings. The van der Waals surface area contributed by atoms with E-state index in [1.165, 1.54) is 14.2 Å². The van der Waals surface area contributed by atoms with E-state index in [0.717, 1.165) is 0 Å². The van der Waals surface area contributed by atoms with Crippen LogP contribution in [0.15, 0.2) is 0 Å². The Morgan fingerprint density at radius 3 is 2.29 bits per heavy atom. The molecule has 3 saturated heterocycles. The number of hydrogen-bond acceptors (Lipinski definition) is 10. The lowest BCUT2D eigenvalue weighted by molar-refractivity contribution is -0.345. The summed E-state index contributed by atoms with van der Waals surface area (Å²) in [6.45, 7) is -0.235. The van der Waals surface area contributed by atoms with Crippen LogP contribution in [0.5, 0.6) is 0 Å². The first-order valence-electron chi connectivity index (χ1n) is 7.80. The van der Waals surface area contributed by atoms with Crippen molar-refractivity contribution in [2.75, 3.05) is 27.4 Å². The van der Waals surface area contributed by atoms with Gasteiger partial charge in [0, 0.05) is 14.2 Å². The number of rotatable bonds is 5. The molecule has 10 heteroatoms. The van der Waals surface area contributed by atoms with Gasteiger partial charge < -0.3 is 48.8 Å². The van der Waals surface area contributed by atoms with E-state index in [9.17, 15) is 20.4 Å². The Bertz CT molecular complexity index is 406. The molecular formula is C14H24O10. The highest BCUT2D eigenvalue weighted by molar-refractivity contribution is 4.98. The van der Waals surface area contributed by atoms with E-state index in [4.69, 9.17) is 28.4 Å². The van der Waals surface area contributed by atoms with Gasteiger partial charge in [-0.3, -0.25) is 0 Å². The predicted molar refractivity (Wildman–Crippen MR) is 74.8 cm³/mol. The minimum absolute atomic E-state index is 0.249. The molecule has 3 heterocycles. The number of aliphatic hydroxyl groups is 4. The molecule has 3 aliphatic rings. The molecule has 0 aliphatic carbocycles. The standard InChI is InChI=1S/C14H24O10/c1-19-10-6-4-21-12(10)9(18)14(23-6)24-11-7(16)5(3-15)22-13(20-2)8(11)17/h5-18H,3-4H2,1-2H3/t5?,6-,7?,8?,9?,10+,11-,12+,13+,14-/m0/s1. The van der Waals surface area contributed by atoms with Crippen molar-refractivity contribution in [3.05, 3.63) is 0 Å². The second kappa shape index (κ2) is 7.46. The van der Waals surface area contributed by atoms with E-state index >= 15 is 0 Å². The van der Waals surface area contributed by atoms with Gasteiger partial charge in [-0.1, -0.05) is 0 Å². The Morgan fingerprint density at radius 1 is 0.917 bits per heavy atom. The van der Waals surface area contributed by atoms with Crippen LogP contribution in [-0.4, -0.2) is 109 Å². The average Bonchev–Trinajstić information content (AvgIpc) is 2.92. The minimum Gasteiger partial charge on any atom is -0.394 e. The van der Waals surface area contributed by atoms with Crippen molar-refractivity contribution in [2.24, 2.45) is 0 Å². The summed E-state index contributed by atoms with van der Waals surface area (Å²) in [5.74, 6) is 0. The first-order valence-corrected chi connectivity index (χ1v) is 7.80. The molecule has 4 unspecified atom stereocenters. The summed E-state index contributed by atoms with van der Waals surface area (Å²) in [5, 5.41) is 40.2. The van der Waals surface area contributed by atoms with Crippen molar-refractivity contribution < 1.29 is 48.8 Å². The Morgan fingerprint density at radius 2 is 1.67 bits per heavy atom. The summed E-state index contributed by atoms with van der Waals surface area (Å²) in [6, 6.07) is 0. The molecule has 10 nitrogen and oxygen atoms in total. The predicted octanol–water partition coefficient (Wildman–Crippen LogP) is -3.04. The fourth-order valence-corrected chi connectivity index (χ4v) is 3.39. The first-order chi connectivity index (χ1) is 11.5. The highest BCUT2D eigenvalue weighted by Crippen LogP contribution is 2.34. The maximum absolute atomic E-state index is 10.4. The Kier molecular flexibility index (Phi) is 5.72. The number of hydrogen-bond donors (Lipinski definition) is 4. The van der Waals surface area contributed by atoms with E-state index in [0.29, 0.717) is 0 Å². The maximum Gasteiger partial charge on any atom is 0.187 e. The number of methoxy groups -OCH3 is 2. The van der Waals surface area contributed by atoms with Crippen LogP contribution in [0.3, 0.4) is 0 Å². The van der Waals surface area contributed by atoms with E-state index < -0.39 is 68.0 Å². The van der Waals surface area contributed by atoms with Crippen molar-refractivity contribution in [3.8, 4) is 0 Å². The second-order valence-electron chi connectivity index (χ2n) is 6.07. The zero-order valence-electron chi connectivity index (χ0n) is 13.4. The largest absolute Gasteiger partial charge is 0.394 e. The topological polar surface area (TPSA) is 136 Å². The summed E-state index contributed by atoms with van der Waals surface area (Å²) < 4.78 is 32.2. The number of fused-ring (bicyclic) bond motifs is 2. The molecule has 0 aromatic carbocycles. The van der Waals surface area contributed by atoms with Crippen LogP contribution in [0.4, 0.5) is 0 Å². The van der Waals surface area contributed by atoms with Gasteiger partial charge in [-0.25, -0.2) is 0 Å². The van der Waals surface area contributed by atoms with Crippen LogP contribution in [0.2, 0.25) is 0 Å². The summed E-state index contributed by atoms with van der Waals surface area (Å²) >= 11 is 0. The fourth-order valence-electron chi connectivity index (χ4n) is 3.39. The molecule has 3 rings (SSSR count). The molecule has 0 radical (unpaired) electrons. The summed E-state index contributed by atoms with van der Waals surface area (Å²) in [5.41, 5.74) is 0. The van der Waals surface area contributed by atoms with E-state index in [1.54, 1.807) is 0 Å². The maximum atomic E-state index is 10.4. The monoisotopic (exact) mass is 352 g/mol. The normalized spacial score (nSPS) is 51.8. The van der Waals surface area contributed by atoms with Crippen molar-refractivity contribution in [2.45, 2.75) is 61.4 Å². The third-order valence-electron chi connectivity index (χ3n) is 4.69. The molecule has 2 bridgehead atoms. The van der Waals surface area contributed by atoms with Crippen LogP contribution in [-0.2, 0) is 28.4 Å². The molecule has 24 heavy (non-hydrogen) atoms. The molecule has 0 spiro atoms. The number of aliphatic hydroxyl groups excluding tert-OH is 4. The zero-order valence-corrected chi connectivity index (χ0v) is 13.4. The molecule has 3 aliphatic heterocycles. The zero-order chi connectivity index (χ0) is 17.4. The van der Waals surface area contributed by atoms with Gasteiger partial charge >= 0.3 is 0 Å². The smallest absolute Gasteiger partial charge is 0.187 e. The lowest BCUT2D eigenvalue weighted by Gasteiger charge is -2.44. The van der Waals surface area contributed by atoms with Gasteiger partial charge in [-0.15, -0.1) is 0 Å². The van der Waals surface area contributed by atoms with Gasteiger partial charge in [0.2, 0.25) is 0 Å². The van der Waals surface area contributed by atoms with Crippen molar-refractivity contribution in [1.29, 1.82) is 0 Å². The lowest BCUT2D eigenvalue weighted by Crippen LogP contribution is -2.63. The van der Waals surface area contributed by atoms with Crippen LogP contribution >= 0.6 is 0 Å². The van der Waals surface area contributed by atoms with Crippen LogP contribution in [0.1, 0.15) is 0 Å². The van der Waals surface area contributed by atoms with Gasteiger partial charge in [-0.2, -0.15) is 0 Å². The van der Waals surface area contributed by atoms with Gasteiger partial charge in [0.05, 0.1) is 13.2 Å². The van der Waals surface area contributed by atoms with E-state index in [1.807, 2.05) is 0 Å². The SMILES string of the molecule is CO[C@@H]1OC(CO)C(O)[C@H](O[C@@H]2O[C@H]3CO[C@H](C2O)[C@@H]3OC)C1O. The lowest BCUT2D eigenvalue weighted by atomic mass is 9.98. The highest BCUT2D eigenvalue weighted by atomic mass is 16.7. The Hall–Kier alpha value is -0.400. The van der Waals surface area contributed by atoms with Crippen molar-refractivity contribution in [3.63, 3.8) is 0 Å². The highest BCUT2D eigenvalue weighted by Gasteiger charge is 2.54. The van der Waals surface area contributed by atoms with Gasteiger partial charge in [-0.05, 0) is 0 Å². The van der Waals surface area contributed by atoms with Gasteiger partial charge in [0.15, 0.2) is 12.6 Å². The quantitative estimate of drug-likeness (QED) is 0.404. The third-order valence-corrected chi connectivity index (χ3v) is 4.69. The van der Waals surface area contributed by atoms with Gasteiger partial charge in [0.25, 0.3) is 0 Å². The molecule has 0 aromatic heterocycles. The molecular weight excluding hydrogens is 328 g/mol. The van der Waals surface area contributed by atoms with Crippen LogP contribution < -0.4 is 0 Å². The minimum atomic E-state index is -1.33. The summed E-state index contributed by atoms with van der Waals surface area (Å²) in [4.78, 5) is 0. The fraction of sp³-hybridized carbons (Fsp3) is 1.00.